The molecule has 0 unspecified atom stereocenters. The zero-order valence-corrected chi connectivity index (χ0v) is 11.8. The van der Waals surface area contributed by atoms with Crippen molar-refractivity contribution in [3.63, 3.8) is 0 Å². The van der Waals surface area contributed by atoms with Gasteiger partial charge in [0.05, 0.1) is 0 Å². The summed E-state index contributed by atoms with van der Waals surface area (Å²) in [6.07, 6.45) is 8.84. The lowest BCUT2D eigenvalue weighted by molar-refractivity contribution is -0.129. The largest absolute Gasteiger partial charge is 0.351 e. The van der Waals surface area contributed by atoms with Crippen LogP contribution in [-0.4, -0.2) is 28.6 Å². The number of carbonyl (C=O) groups excluding carboxylic acids is 2. The molecule has 0 aromatic carbocycles. The Morgan fingerprint density at radius 3 is 2.75 bits per heavy atom. The van der Waals surface area contributed by atoms with Gasteiger partial charge in [-0.1, -0.05) is 12.8 Å². The van der Waals surface area contributed by atoms with Crippen molar-refractivity contribution in [2.24, 2.45) is 0 Å². The molecule has 0 aliphatic rings. The molecule has 1 aromatic rings. The number of hydroxylamine groups is 1. The van der Waals surface area contributed by atoms with Gasteiger partial charge in [0.1, 0.15) is 5.69 Å². The fourth-order valence-electron chi connectivity index (χ4n) is 1.56. The number of terminal acetylenes is 1. The van der Waals surface area contributed by atoms with Crippen molar-refractivity contribution in [3.05, 3.63) is 16.1 Å². The minimum atomic E-state index is -0.369. The minimum Gasteiger partial charge on any atom is -0.351 e. The maximum Gasteiger partial charge on any atom is 0.270 e. The molecule has 0 atom stereocenters. The zero-order valence-electron chi connectivity index (χ0n) is 11.0. The third kappa shape index (κ3) is 5.82. The van der Waals surface area contributed by atoms with E-state index >= 15 is 0 Å². The van der Waals surface area contributed by atoms with E-state index in [9.17, 15) is 9.59 Å². The molecule has 2 amide bonds. The van der Waals surface area contributed by atoms with Crippen LogP contribution in [0.15, 0.2) is 5.38 Å². The molecule has 0 saturated carbocycles. The molecule has 1 heterocycles. The van der Waals surface area contributed by atoms with E-state index in [-0.39, 0.29) is 11.8 Å². The number of thiazole rings is 1. The Labute approximate surface area is 121 Å². The first-order valence-electron chi connectivity index (χ1n) is 6.30. The van der Waals surface area contributed by atoms with Gasteiger partial charge in [-0.15, -0.1) is 17.8 Å². The summed E-state index contributed by atoms with van der Waals surface area (Å²) < 4.78 is 0. The Kier molecular flexibility index (Phi) is 7.32. The van der Waals surface area contributed by atoms with Gasteiger partial charge in [-0.3, -0.25) is 14.8 Å². The van der Waals surface area contributed by atoms with Crippen molar-refractivity contribution in [1.29, 1.82) is 0 Å². The predicted octanol–water partition coefficient (Wildman–Crippen LogP) is 1.31. The molecule has 6 nitrogen and oxygen atoms in total. The van der Waals surface area contributed by atoms with Crippen LogP contribution in [0, 0.1) is 12.3 Å². The molecule has 1 aromatic heterocycles. The number of aromatic nitrogens is 1. The smallest absolute Gasteiger partial charge is 0.270 e. The van der Waals surface area contributed by atoms with Crippen LogP contribution in [0.2, 0.25) is 0 Å². The van der Waals surface area contributed by atoms with Crippen molar-refractivity contribution in [2.45, 2.75) is 32.1 Å². The number of carbonyl (C=O) groups is 2. The molecule has 0 fully saturated rings. The van der Waals surface area contributed by atoms with Crippen LogP contribution >= 0.6 is 11.3 Å². The summed E-state index contributed by atoms with van der Waals surface area (Å²) in [6, 6.07) is 0. The van der Waals surface area contributed by atoms with Gasteiger partial charge in [-0.25, -0.2) is 10.5 Å². The number of nitrogens with zero attached hydrogens (tertiary/aromatic N) is 1. The van der Waals surface area contributed by atoms with Crippen LogP contribution in [0.5, 0.6) is 0 Å². The standard InChI is InChI=1S/C13H17N3O3S/c1-2-12-15-10(9-20-12)13(18)14-8-6-4-3-5-7-11(17)16-19/h1,9,19H,3-8H2,(H,14,18)(H,16,17). The molecule has 0 radical (unpaired) electrons. The summed E-state index contributed by atoms with van der Waals surface area (Å²) in [4.78, 5) is 26.4. The average molecular weight is 295 g/mol. The van der Waals surface area contributed by atoms with Crippen LogP contribution < -0.4 is 10.8 Å². The van der Waals surface area contributed by atoms with E-state index in [2.05, 4.69) is 16.2 Å². The maximum absolute atomic E-state index is 11.7. The van der Waals surface area contributed by atoms with Gasteiger partial charge in [0.2, 0.25) is 5.91 Å². The highest BCUT2D eigenvalue weighted by Crippen LogP contribution is 2.08. The lowest BCUT2D eigenvalue weighted by Gasteiger charge is -2.03. The first kappa shape index (κ1) is 16.1. The number of nitrogens with one attached hydrogen (secondary N) is 2. The lowest BCUT2D eigenvalue weighted by atomic mass is 10.1. The Bertz CT molecular complexity index is 493. The van der Waals surface area contributed by atoms with E-state index in [1.165, 1.54) is 11.3 Å². The number of unbranched alkanes of at least 4 members (excludes halogenated alkanes) is 3. The Morgan fingerprint density at radius 2 is 2.10 bits per heavy atom. The maximum atomic E-state index is 11.7. The van der Waals surface area contributed by atoms with E-state index in [0.717, 1.165) is 25.7 Å². The molecule has 20 heavy (non-hydrogen) atoms. The molecular weight excluding hydrogens is 278 g/mol. The highest BCUT2D eigenvalue weighted by atomic mass is 32.1. The lowest BCUT2D eigenvalue weighted by Crippen LogP contribution is -2.24. The number of hydrogen-bond donors (Lipinski definition) is 3. The summed E-state index contributed by atoms with van der Waals surface area (Å²) >= 11 is 1.27. The molecule has 0 aliphatic carbocycles. The van der Waals surface area contributed by atoms with Gasteiger partial charge in [0, 0.05) is 18.3 Å². The summed E-state index contributed by atoms with van der Waals surface area (Å²) in [5, 5.41) is 13.2. The fraction of sp³-hybridized carbons (Fsp3) is 0.462. The summed E-state index contributed by atoms with van der Waals surface area (Å²) in [7, 11) is 0. The molecule has 0 spiro atoms. The second kappa shape index (κ2) is 9.07. The van der Waals surface area contributed by atoms with E-state index < -0.39 is 0 Å². The average Bonchev–Trinajstić information content (AvgIpc) is 2.94. The van der Waals surface area contributed by atoms with Crippen LogP contribution in [0.4, 0.5) is 0 Å². The Hall–Kier alpha value is -1.91. The van der Waals surface area contributed by atoms with Crippen LogP contribution in [0.25, 0.3) is 0 Å². The molecule has 7 heteroatoms. The number of hydrogen-bond acceptors (Lipinski definition) is 5. The van der Waals surface area contributed by atoms with Gasteiger partial charge < -0.3 is 5.32 Å². The van der Waals surface area contributed by atoms with Crippen molar-refractivity contribution < 1.29 is 14.8 Å². The summed E-state index contributed by atoms with van der Waals surface area (Å²) in [5.41, 5.74) is 1.94. The van der Waals surface area contributed by atoms with Crippen LogP contribution in [0.3, 0.4) is 0 Å². The molecule has 1 rings (SSSR count). The number of amides is 2. The Morgan fingerprint density at radius 1 is 1.35 bits per heavy atom. The molecular formula is C13H17N3O3S. The monoisotopic (exact) mass is 295 g/mol. The normalized spacial score (nSPS) is 9.80. The summed E-state index contributed by atoms with van der Waals surface area (Å²) in [5.74, 6) is 1.79. The first-order chi connectivity index (χ1) is 9.67. The quantitative estimate of drug-likeness (QED) is 0.292. The van der Waals surface area contributed by atoms with Gasteiger partial charge >= 0.3 is 0 Å². The summed E-state index contributed by atoms with van der Waals surface area (Å²) in [6.45, 7) is 0.563. The van der Waals surface area contributed by atoms with E-state index in [1.54, 1.807) is 10.9 Å². The van der Waals surface area contributed by atoms with Crippen molar-refractivity contribution >= 4 is 23.2 Å². The highest BCUT2D eigenvalue weighted by Gasteiger charge is 2.08. The third-order valence-electron chi connectivity index (χ3n) is 2.60. The van der Waals surface area contributed by atoms with Crippen LogP contribution in [0.1, 0.15) is 47.6 Å². The molecule has 108 valence electrons. The SMILES string of the molecule is C#Cc1nc(C(=O)NCCCCCCC(=O)NO)cs1. The van der Waals surface area contributed by atoms with E-state index in [0.29, 0.717) is 23.7 Å². The highest BCUT2D eigenvalue weighted by molar-refractivity contribution is 7.10. The second-order valence-corrected chi connectivity index (χ2v) is 5.00. The van der Waals surface area contributed by atoms with Gasteiger partial charge in [-0.05, 0) is 18.8 Å². The second-order valence-electron chi connectivity index (χ2n) is 4.14. The topological polar surface area (TPSA) is 91.3 Å². The van der Waals surface area contributed by atoms with Gasteiger partial charge in [0.25, 0.3) is 5.91 Å². The van der Waals surface area contributed by atoms with Gasteiger partial charge in [0.15, 0.2) is 5.01 Å². The van der Waals surface area contributed by atoms with Crippen LogP contribution in [-0.2, 0) is 4.79 Å². The Balaban J connectivity index is 2.08. The zero-order chi connectivity index (χ0) is 14.8. The minimum absolute atomic E-state index is 0.220. The number of rotatable bonds is 8. The fourth-order valence-corrected chi connectivity index (χ4v) is 2.16. The first-order valence-corrected chi connectivity index (χ1v) is 7.18. The third-order valence-corrected chi connectivity index (χ3v) is 3.37. The molecule has 0 saturated heterocycles. The molecule has 0 bridgehead atoms. The van der Waals surface area contributed by atoms with E-state index in [4.69, 9.17) is 11.6 Å². The van der Waals surface area contributed by atoms with Crippen molar-refractivity contribution in [3.8, 4) is 12.3 Å². The predicted molar refractivity (Wildman–Crippen MR) is 75.4 cm³/mol. The van der Waals surface area contributed by atoms with Crippen molar-refractivity contribution in [2.75, 3.05) is 6.54 Å². The molecule has 3 N–H and O–H groups in total. The van der Waals surface area contributed by atoms with E-state index in [1.807, 2.05) is 0 Å². The molecule has 0 aliphatic heterocycles. The van der Waals surface area contributed by atoms with Gasteiger partial charge in [-0.2, -0.15) is 0 Å². The van der Waals surface area contributed by atoms with Crippen molar-refractivity contribution in [1.82, 2.24) is 15.8 Å².